The van der Waals surface area contributed by atoms with Crippen LogP contribution < -0.4 is 0 Å². The second kappa shape index (κ2) is 3.72. The first-order valence-corrected chi connectivity index (χ1v) is 5.08. The van der Waals surface area contributed by atoms with Crippen LogP contribution in [0.5, 0.6) is 0 Å². The van der Waals surface area contributed by atoms with Crippen molar-refractivity contribution >= 4 is 11.7 Å². The number of amides is 1. The lowest BCUT2D eigenvalue weighted by atomic mass is 9.88. The Balaban J connectivity index is 2.34. The first kappa shape index (κ1) is 11.9. The smallest absolute Gasteiger partial charge is 0.318 e. The fraction of sp³-hybridized carbons (Fsp3) is 0.455. The minimum absolute atomic E-state index is 0.0734. The molecule has 0 fully saturated rings. The maximum atomic E-state index is 12.4. The fourth-order valence-corrected chi connectivity index (χ4v) is 2.19. The maximum Gasteiger partial charge on any atom is 0.390 e. The lowest BCUT2D eigenvalue weighted by Gasteiger charge is -2.25. The average Bonchev–Trinajstić information content (AvgIpc) is 2.47. The molecule has 1 amide bonds. The molecule has 0 saturated heterocycles. The molecule has 0 aromatic heterocycles. The summed E-state index contributed by atoms with van der Waals surface area (Å²) in [6.07, 6.45) is -3.00. The van der Waals surface area contributed by atoms with Crippen molar-refractivity contribution < 1.29 is 22.8 Å². The van der Waals surface area contributed by atoms with Gasteiger partial charge in [-0.25, -0.2) is 0 Å². The van der Waals surface area contributed by atoms with Crippen LogP contribution in [0, 0.1) is 5.92 Å². The number of ketones is 1. The van der Waals surface area contributed by atoms with Crippen molar-refractivity contribution in [3.63, 3.8) is 0 Å². The van der Waals surface area contributed by atoms with Gasteiger partial charge >= 0.3 is 6.18 Å². The van der Waals surface area contributed by atoms with E-state index in [1.165, 1.54) is 13.1 Å². The normalized spacial score (nSPS) is 24.7. The predicted octanol–water partition coefficient (Wildman–Crippen LogP) is 1.81. The molecule has 0 radical (unpaired) electrons. The minimum atomic E-state index is -4.42. The summed E-state index contributed by atoms with van der Waals surface area (Å²) >= 11 is 0. The van der Waals surface area contributed by atoms with E-state index in [1.807, 2.05) is 0 Å². The lowest BCUT2D eigenvalue weighted by molar-refractivity contribution is -0.150. The highest BCUT2D eigenvalue weighted by molar-refractivity contribution is 5.99. The van der Waals surface area contributed by atoms with E-state index in [0.29, 0.717) is 5.57 Å². The molecule has 0 saturated carbocycles. The first-order chi connectivity index (χ1) is 7.79. The third-order valence-electron chi connectivity index (χ3n) is 2.96. The Hall–Kier alpha value is -1.59. The Morgan fingerprint density at radius 2 is 2.00 bits per heavy atom. The topological polar surface area (TPSA) is 37.4 Å². The summed E-state index contributed by atoms with van der Waals surface area (Å²) < 4.78 is 37.2. The lowest BCUT2D eigenvalue weighted by Crippen LogP contribution is -2.32. The molecule has 3 nitrogen and oxygen atoms in total. The molecule has 2 rings (SSSR count). The Labute approximate surface area is 95.6 Å². The fourth-order valence-electron chi connectivity index (χ4n) is 2.19. The van der Waals surface area contributed by atoms with E-state index < -0.39 is 24.3 Å². The molecule has 6 heteroatoms. The summed E-state index contributed by atoms with van der Waals surface area (Å²) in [7, 11) is 1.40. The molecule has 17 heavy (non-hydrogen) atoms. The number of hydrogen-bond acceptors (Lipinski definition) is 2. The second-order valence-corrected chi connectivity index (χ2v) is 4.15. The second-order valence-electron chi connectivity index (χ2n) is 4.15. The number of nitrogens with zero attached hydrogens (tertiary/aromatic N) is 1. The molecule has 0 spiro atoms. The number of rotatable bonds is 1. The van der Waals surface area contributed by atoms with Crippen LogP contribution in [-0.2, 0) is 9.59 Å². The third kappa shape index (κ3) is 2.11. The van der Waals surface area contributed by atoms with Crippen LogP contribution in [0.15, 0.2) is 23.4 Å². The first-order valence-electron chi connectivity index (χ1n) is 5.08. The molecular weight excluding hydrogens is 235 g/mol. The molecular formula is C11H10F3NO2. The van der Waals surface area contributed by atoms with E-state index in [9.17, 15) is 22.8 Å². The van der Waals surface area contributed by atoms with Gasteiger partial charge in [0.2, 0.25) is 5.91 Å². The van der Waals surface area contributed by atoms with E-state index in [1.54, 1.807) is 0 Å². The number of halogens is 3. The zero-order valence-corrected chi connectivity index (χ0v) is 9.04. The summed E-state index contributed by atoms with van der Waals surface area (Å²) in [5.41, 5.74) is 0.728. The van der Waals surface area contributed by atoms with Crippen molar-refractivity contribution in [2.75, 3.05) is 7.05 Å². The minimum Gasteiger partial charge on any atom is -0.318 e. The molecule has 1 aliphatic carbocycles. The SMILES string of the molecule is CN1C(=O)CC2=C1C(CC(F)(F)F)C(=O)C=C2. The summed E-state index contributed by atoms with van der Waals surface area (Å²) in [5.74, 6) is -2.14. The van der Waals surface area contributed by atoms with Gasteiger partial charge in [-0.15, -0.1) is 0 Å². The summed E-state index contributed by atoms with van der Waals surface area (Å²) in [6.45, 7) is 0. The van der Waals surface area contributed by atoms with E-state index in [-0.39, 0.29) is 18.0 Å². The Kier molecular flexibility index (Phi) is 2.60. The van der Waals surface area contributed by atoms with Gasteiger partial charge in [-0.05, 0) is 11.6 Å². The van der Waals surface area contributed by atoms with Gasteiger partial charge in [0.25, 0.3) is 0 Å². The van der Waals surface area contributed by atoms with Gasteiger partial charge in [-0.3, -0.25) is 9.59 Å². The highest BCUT2D eigenvalue weighted by Gasteiger charge is 2.42. The Morgan fingerprint density at radius 3 is 2.59 bits per heavy atom. The van der Waals surface area contributed by atoms with E-state index in [2.05, 4.69) is 0 Å². The largest absolute Gasteiger partial charge is 0.390 e. The molecule has 92 valence electrons. The predicted molar refractivity (Wildman–Crippen MR) is 52.7 cm³/mol. The summed E-state index contributed by atoms with van der Waals surface area (Å²) in [5, 5.41) is 0. The van der Waals surface area contributed by atoms with Crippen molar-refractivity contribution in [3.8, 4) is 0 Å². The number of hydrogen-bond donors (Lipinski definition) is 0. The molecule has 0 aromatic rings. The van der Waals surface area contributed by atoms with Gasteiger partial charge < -0.3 is 4.90 Å². The van der Waals surface area contributed by atoms with Crippen LogP contribution in [0.1, 0.15) is 12.8 Å². The molecule has 1 atom stereocenters. The van der Waals surface area contributed by atoms with Gasteiger partial charge in [0, 0.05) is 12.7 Å². The van der Waals surface area contributed by atoms with Crippen LogP contribution in [0.25, 0.3) is 0 Å². The van der Waals surface area contributed by atoms with Crippen LogP contribution in [-0.4, -0.2) is 29.8 Å². The monoisotopic (exact) mass is 245 g/mol. The zero-order valence-electron chi connectivity index (χ0n) is 9.04. The quantitative estimate of drug-likeness (QED) is 0.706. The van der Waals surface area contributed by atoms with Gasteiger partial charge in [-0.2, -0.15) is 13.2 Å². The third-order valence-corrected chi connectivity index (χ3v) is 2.96. The number of allylic oxidation sites excluding steroid dienone is 3. The highest BCUT2D eigenvalue weighted by Crippen LogP contribution is 2.38. The van der Waals surface area contributed by atoms with Crippen molar-refractivity contribution in [2.45, 2.75) is 19.0 Å². The van der Waals surface area contributed by atoms with Crippen LogP contribution >= 0.6 is 0 Å². The van der Waals surface area contributed by atoms with Crippen molar-refractivity contribution in [1.82, 2.24) is 4.90 Å². The molecule has 1 aliphatic heterocycles. The van der Waals surface area contributed by atoms with Crippen LogP contribution in [0.2, 0.25) is 0 Å². The van der Waals surface area contributed by atoms with Crippen LogP contribution in [0.4, 0.5) is 13.2 Å². The summed E-state index contributed by atoms with van der Waals surface area (Å²) in [6, 6.07) is 0. The highest BCUT2D eigenvalue weighted by atomic mass is 19.4. The van der Waals surface area contributed by atoms with Crippen molar-refractivity contribution in [2.24, 2.45) is 5.92 Å². The average molecular weight is 245 g/mol. The van der Waals surface area contributed by atoms with Gasteiger partial charge in [0.15, 0.2) is 5.78 Å². The molecule has 0 bridgehead atoms. The van der Waals surface area contributed by atoms with Gasteiger partial charge in [0.1, 0.15) is 0 Å². The van der Waals surface area contributed by atoms with Crippen LogP contribution in [0.3, 0.4) is 0 Å². The standard InChI is InChI=1S/C11H10F3NO2/c1-15-9(17)4-6-2-3-8(16)7(10(6)15)5-11(12,13)14/h2-3,7H,4-5H2,1H3. The number of alkyl halides is 3. The van der Waals surface area contributed by atoms with Gasteiger partial charge in [-0.1, -0.05) is 6.08 Å². The number of carbonyl (C=O) groups is 2. The molecule has 0 aromatic carbocycles. The number of carbonyl (C=O) groups excluding carboxylic acids is 2. The van der Waals surface area contributed by atoms with E-state index in [4.69, 9.17) is 0 Å². The van der Waals surface area contributed by atoms with E-state index >= 15 is 0 Å². The Bertz CT molecular complexity index is 448. The molecule has 0 N–H and O–H groups in total. The van der Waals surface area contributed by atoms with Gasteiger partial charge in [0.05, 0.1) is 18.8 Å². The van der Waals surface area contributed by atoms with E-state index in [0.717, 1.165) is 11.0 Å². The summed E-state index contributed by atoms with van der Waals surface area (Å²) in [4.78, 5) is 24.1. The zero-order chi connectivity index (χ0) is 12.8. The van der Waals surface area contributed by atoms with Crippen molar-refractivity contribution in [3.05, 3.63) is 23.4 Å². The molecule has 2 aliphatic rings. The Morgan fingerprint density at radius 1 is 1.35 bits per heavy atom. The maximum absolute atomic E-state index is 12.4. The molecule has 1 heterocycles. The molecule has 1 unspecified atom stereocenters. The van der Waals surface area contributed by atoms with Crippen molar-refractivity contribution in [1.29, 1.82) is 0 Å².